The van der Waals surface area contributed by atoms with Crippen molar-refractivity contribution < 1.29 is 14.0 Å². The largest absolute Gasteiger partial charge is 0.351 e. The Morgan fingerprint density at radius 1 is 1.16 bits per heavy atom. The molecule has 0 saturated heterocycles. The number of amidine groups is 2. The molecule has 6 nitrogen and oxygen atoms in total. The first kappa shape index (κ1) is 21.2. The van der Waals surface area contributed by atoms with Gasteiger partial charge in [0.2, 0.25) is 5.91 Å². The van der Waals surface area contributed by atoms with Gasteiger partial charge in [0.15, 0.2) is 5.17 Å². The van der Waals surface area contributed by atoms with Gasteiger partial charge < -0.3 is 5.32 Å². The van der Waals surface area contributed by atoms with Gasteiger partial charge in [0.05, 0.1) is 11.4 Å². The zero-order valence-electron chi connectivity index (χ0n) is 17.3. The monoisotopic (exact) mass is 438 g/mol. The van der Waals surface area contributed by atoms with E-state index in [1.165, 1.54) is 23.9 Å². The Morgan fingerprint density at radius 2 is 1.90 bits per heavy atom. The summed E-state index contributed by atoms with van der Waals surface area (Å²) in [6, 6.07) is 13.2. The van der Waals surface area contributed by atoms with Crippen LogP contribution in [0.2, 0.25) is 0 Å². The second kappa shape index (κ2) is 9.01. The van der Waals surface area contributed by atoms with Crippen LogP contribution in [0.5, 0.6) is 0 Å². The minimum absolute atomic E-state index is 0.147. The van der Waals surface area contributed by atoms with E-state index in [4.69, 9.17) is 4.99 Å². The van der Waals surface area contributed by atoms with Crippen molar-refractivity contribution in [2.75, 3.05) is 5.75 Å². The van der Waals surface area contributed by atoms with Gasteiger partial charge in [0, 0.05) is 12.1 Å². The fraction of sp³-hybridized carbons (Fsp3) is 0.304. The number of fused-ring (bicyclic) bond motifs is 3. The van der Waals surface area contributed by atoms with E-state index in [0.29, 0.717) is 29.9 Å². The molecule has 160 valence electrons. The first-order valence-electron chi connectivity index (χ1n) is 10.2. The van der Waals surface area contributed by atoms with Crippen LogP contribution in [0.4, 0.5) is 10.1 Å². The van der Waals surface area contributed by atoms with Crippen LogP contribution < -0.4 is 5.32 Å². The molecule has 1 N–H and O–H groups in total. The van der Waals surface area contributed by atoms with E-state index >= 15 is 0 Å². The Morgan fingerprint density at radius 3 is 2.65 bits per heavy atom. The third-order valence-corrected chi connectivity index (χ3v) is 5.99. The molecule has 2 aliphatic rings. The average molecular weight is 439 g/mol. The van der Waals surface area contributed by atoms with Crippen LogP contribution in [0, 0.1) is 11.7 Å². The third-order valence-electron chi connectivity index (χ3n) is 5.04. The zero-order valence-corrected chi connectivity index (χ0v) is 18.2. The number of thioether (sulfide) groups is 1. The maximum atomic E-state index is 13.0. The number of rotatable bonds is 6. The van der Waals surface area contributed by atoms with Crippen LogP contribution in [-0.4, -0.2) is 39.5 Å². The van der Waals surface area contributed by atoms with Crippen molar-refractivity contribution in [3.63, 3.8) is 0 Å². The number of carbonyl (C=O) groups is 2. The van der Waals surface area contributed by atoms with E-state index in [-0.39, 0.29) is 23.4 Å². The van der Waals surface area contributed by atoms with E-state index in [2.05, 4.69) is 24.2 Å². The average Bonchev–Trinajstić information content (AvgIpc) is 3.07. The second-order valence-electron chi connectivity index (χ2n) is 7.89. The fourth-order valence-electron chi connectivity index (χ4n) is 3.56. The van der Waals surface area contributed by atoms with Gasteiger partial charge in [-0.1, -0.05) is 49.9 Å². The Kier molecular flexibility index (Phi) is 6.18. The highest BCUT2D eigenvalue weighted by Crippen LogP contribution is 2.35. The van der Waals surface area contributed by atoms with E-state index in [1.807, 2.05) is 29.2 Å². The predicted octanol–water partition coefficient (Wildman–Crippen LogP) is 3.88. The smallest absolute Gasteiger partial charge is 0.270 e. The molecular weight excluding hydrogens is 415 g/mol. The van der Waals surface area contributed by atoms with Crippen molar-refractivity contribution in [2.45, 2.75) is 32.9 Å². The molecule has 4 rings (SSSR count). The van der Waals surface area contributed by atoms with E-state index in [9.17, 15) is 14.0 Å². The summed E-state index contributed by atoms with van der Waals surface area (Å²) in [6.07, 6.45) is 0.657. The Hall–Kier alpha value is -3.00. The molecule has 2 amide bonds. The summed E-state index contributed by atoms with van der Waals surface area (Å²) < 4.78 is 13.0. The molecule has 2 aromatic rings. The highest BCUT2D eigenvalue weighted by atomic mass is 32.2. The lowest BCUT2D eigenvalue weighted by molar-refractivity contribution is -0.120. The van der Waals surface area contributed by atoms with Crippen LogP contribution in [0.15, 0.2) is 58.5 Å². The fourth-order valence-corrected chi connectivity index (χ4v) is 4.44. The molecule has 8 heteroatoms. The third kappa shape index (κ3) is 4.69. The molecule has 0 radical (unpaired) electrons. The predicted molar refractivity (Wildman–Crippen MR) is 121 cm³/mol. The Labute approximate surface area is 184 Å². The van der Waals surface area contributed by atoms with Gasteiger partial charge in [0.25, 0.3) is 5.91 Å². The quantitative estimate of drug-likeness (QED) is 0.743. The van der Waals surface area contributed by atoms with Crippen molar-refractivity contribution in [2.24, 2.45) is 15.9 Å². The minimum Gasteiger partial charge on any atom is -0.351 e. The number of benzene rings is 2. The van der Waals surface area contributed by atoms with Crippen LogP contribution >= 0.6 is 11.8 Å². The first-order chi connectivity index (χ1) is 14.9. The molecule has 1 atom stereocenters. The van der Waals surface area contributed by atoms with Gasteiger partial charge in [-0.2, -0.15) is 4.99 Å². The summed E-state index contributed by atoms with van der Waals surface area (Å²) in [5, 5.41) is 3.44. The van der Waals surface area contributed by atoms with E-state index in [1.54, 1.807) is 12.1 Å². The van der Waals surface area contributed by atoms with Crippen molar-refractivity contribution in [1.29, 1.82) is 0 Å². The number of hydrogen-bond donors (Lipinski definition) is 1. The maximum absolute atomic E-state index is 13.0. The SMILES string of the molecule is CC(C)CC1C(=O)N=C2c3ccccc3N=C(SCC(=O)NCc3ccc(F)cc3)N21. The van der Waals surface area contributed by atoms with Crippen LogP contribution in [-0.2, 0) is 16.1 Å². The number of nitrogens with zero attached hydrogens (tertiary/aromatic N) is 3. The van der Waals surface area contributed by atoms with Gasteiger partial charge in [0.1, 0.15) is 17.7 Å². The first-order valence-corrected chi connectivity index (χ1v) is 11.1. The summed E-state index contributed by atoms with van der Waals surface area (Å²) in [5.41, 5.74) is 2.39. The zero-order chi connectivity index (χ0) is 22.0. The van der Waals surface area contributed by atoms with Crippen LogP contribution in [0.25, 0.3) is 0 Å². The van der Waals surface area contributed by atoms with Gasteiger partial charge in [-0.25, -0.2) is 9.38 Å². The molecule has 2 heterocycles. The van der Waals surface area contributed by atoms with Gasteiger partial charge in [-0.05, 0) is 42.2 Å². The molecule has 2 aliphatic heterocycles. The second-order valence-corrected chi connectivity index (χ2v) is 8.83. The molecule has 1 unspecified atom stereocenters. The Balaban J connectivity index is 1.48. The highest BCUT2D eigenvalue weighted by Gasteiger charge is 2.41. The topological polar surface area (TPSA) is 74.1 Å². The summed E-state index contributed by atoms with van der Waals surface area (Å²) >= 11 is 1.29. The molecule has 2 aromatic carbocycles. The minimum atomic E-state index is -0.406. The summed E-state index contributed by atoms with van der Waals surface area (Å²) in [4.78, 5) is 36.0. The number of nitrogens with one attached hydrogen (secondary N) is 1. The van der Waals surface area contributed by atoms with Gasteiger partial charge >= 0.3 is 0 Å². The van der Waals surface area contributed by atoms with E-state index < -0.39 is 6.04 Å². The molecule has 0 aromatic heterocycles. The molecule has 0 saturated carbocycles. The highest BCUT2D eigenvalue weighted by molar-refractivity contribution is 8.14. The van der Waals surface area contributed by atoms with Crippen LogP contribution in [0.3, 0.4) is 0 Å². The summed E-state index contributed by atoms with van der Waals surface area (Å²) in [5.74, 6) is 0.417. The lowest BCUT2D eigenvalue weighted by Gasteiger charge is -2.31. The Bertz CT molecular complexity index is 1070. The molecule has 0 aliphatic carbocycles. The normalized spacial score (nSPS) is 17.2. The van der Waals surface area contributed by atoms with Gasteiger partial charge in [-0.3, -0.25) is 14.5 Å². The van der Waals surface area contributed by atoms with Crippen LogP contribution in [0.1, 0.15) is 31.4 Å². The van der Waals surface area contributed by atoms with Crippen molar-refractivity contribution >= 4 is 40.3 Å². The lowest BCUT2D eigenvalue weighted by atomic mass is 10.0. The summed E-state index contributed by atoms with van der Waals surface area (Å²) in [6.45, 7) is 4.45. The number of halogens is 1. The van der Waals surface area contributed by atoms with Crippen molar-refractivity contribution in [3.05, 3.63) is 65.5 Å². The van der Waals surface area contributed by atoms with Gasteiger partial charge in [-0.15, -0.1) is 0 Å². The molecule has 0 bridgehead atoms. The number of hydrogen-bond acceptors (Lipinski definition) is 5. The maximum Gasteiger partial charge on any atom is 0.270 e. The molecule has 0 fully saturated rings. The number of carbonyl (C=O) groups excluding carboxylic acids is 2. The number of amides is 2. The molecule has 0 spiro atoms. The van der Waals surface area contributed by atoms with E-state index in [0.717, 1.165) is 16.8 Å². The number of aliphatic imine (C=N–C) groups is 2. The molecular formula is C23H23FN4O2S. The van der Waals surface area contributed by atoms with Crippen molar-refractivity contribution in [3.8, 4) is 0 Å². The number of para-hydroxylation sites is 1. The lowest BCUT2D eigenvalue weighted by Crippen LogP contribution is -2.44. The summed E-state index contributed by atoms with van der Waals surface area (Å²) in [7, 11) is 0. The molecule has 31 heavy (non-hydrogen) atoms. The van der Waals surface area contributed by atoms with Crippen molar-refractivity contribution in [1.82, 2.24) is 10.2 Å². The standard InChI is InChI=1S/C23H23FN4O2S/c1-14(2)11-19-22(30)27-21-17-5-3-4-6-18(17)26-23(28(19)21)31-13-20(29)25-12-15-7-9-16(24)10-8-15/h3-10,14,19H,11-13H2,1-2H3,(H,25,29).